The molecule has 0 radical (unpaired) electrons. The van der Waals surface area contributed by atoms with Crippen molar-refractivity contribution < 1.29 is 23.5 Å². The fourth-order valence-corrected chi connectivity index (χ4v) is 2.45. The summed E-state index contributed by atoms with van der Waals surface area (Å²) in [5.74, 6) is -1.14. The number of alkyl halides is 2. The lowest BCUT2D eigenvalue weighted by molar-refractivity contribution is -0.142. The number of hydrogen-bond donors (Lipinski definition) is 1. The average molecular weight is 298 g/mol. The van der Waals surface area contributed by atoms with Gasteiger partial charge in [-0.15, -0.1) is 0 Å². The van der Waals surface area contributed by atoms with Crippen LogP contribution < -0.4 is 0 Å². The van der Waals surface area contributed by atoms with Gasteiger partial charge in [-0.1, -0.05) is 24.3 Å². The molecule has 2 amide bonds. The number of benzene rings is 1. The summed E-state index contributed by atoms with van der Waals surface area (Å²) in [7, 11) is 1.24. The normalized spacial score (nSPS) is 17.5. The van der Waals surface area contributed by atoms with Crippen molar-refractivity contribution in [3.05, 3.63) is 35.4 Å². The molecular weight excluding hydrogens is 282 g/mol. The highest BCUT2D eigenvalue weighted by atomic mass is 19.3. The standard InChI is InChI=1S/C14H16F2N2O3/c1-17(8-12(15)16)14(21)18-7-10-5-3-2-4-9(10)6-11(18)13(19)20/h2-5,11-12H,6-8H2,1H3,(H,19,20). The molecule has 1 unspecified atom stereocenters. The van der Waals surface area contributed by atoms with Gasteiger partial charge in [-0.05, 0) is 11.1 Å². The fourth-order valence-electron chi connectivity index (χ4n) is 2.45. The van der Waals surface area contributed by atoms with E-state index in [-0.39, 0.29) is 13.0 Å². The van der Waals surface area contributed by atoms with Crippen LogP contribution in [-0.4, -0.2) is 53.0 Å². The van der Waals surface area contributed by atoms with Gasteiger partial charge in [0.1, 0.15) is 6.04 Å². The summed E-state index contributed by atoms with van der Waals surface area (Å²) in [6.45, 7) is -0.608. The van der Waals surface area contributed by atoms with E-state index in [0.29, 0.717) is 0 Å². The molecule has 1 aliphatic rings. The van der Waals surface area contributed by atoms with Crippen LogP contribution in [0.25, 0.3) is 0 Å². The Morgan fingerprint density at radius 2 is 2.00 bits per heavy atom. The van der Waals surface area contributed by atoms with Crippen molar-refractivity contribution in [3.8, 4) is 0 Å². The summed E-state index contributed by atoms with van der Waals surface area (Å²) in [6.07, 6.45) is -2.47. The number of aliphatic carboxylic acids is 1. The number of fused-ring (bicyclic) bond motifs is 1. The number of carbonyl (C=O) groups is 2. The molecule has 2 rings (SSSR count). The van der Waals surface area contributed by atoms with E-state index in [4.69, 9.17) is 0 Å². The van der Waals surface area contributed by atoms with Crippen molar-refractivity contribution in [3.63, 3.8) is 0 Å². The number of carboxylic acid groups (broad SMARTS) is 1. The van der Waals surface area contributed by atoms with Crippen molar-refractivity contribution in [2.45, 2.75) is 25.4 Å². The fraction of sp³-hybridized carbons (Fsp3) is 0.429. The number of urea groups is 1. The van der Waals surface area contributed by atoms with E-state index in [0.717, 1.165) is 20.9 Å². The van der Waals surface area contributed by atoms with Crippen LogP contribution in [0.3, 0.4) is 0 Å². The molecule has 114 valence electrons. The highest BCUT2D eigenvalue weighted by Crippen LogP contribution is 2.24. The maximum absolute atomic E-state index is 12.4. The Kier molecular flexibility index (Phi) is 4.40. The summed E-state index contributed by atoms with van der Waals surface area (Å²) >= 11 is 0. The highest BCUT2D eigenvalue weighted by Gasteiger charge is 2.36. The maximum atomic E-state index is 12.4. The minimum atomic E-state index is -2.65. The first-order chi connectivity index (χ1) is 9.90. The molecular formula is C14H16F2N2O3. The Labute approximate surface area is 120 Å². The summed E-state index contributed by atoms with van der Waals surface area (Å²) in [6, 6.07) is 5.49. The number of amides is 2. The summed E-state index contributed by atoms with van der Waals surface area (Å²) in [5.41, 5.74) is 1.71. The second-order valence-corrected chi connectivity index (χ2v) is 5.01. The molecule has 1 atom stereocenters. The molecule has 0 aliphatic carbocycles. The van der Waals surface area contributed by atoms with Gasteiger partial charge in [-0.25, -0.2) is 18.4 Å². The van der Waals surface area contributed by atoms with Gasteiger partial charge in [0.05, 0.1) is 6.54 Å². The minimum absolute atomic E-state index is 0.111. The third-order valence-electron chi connectivity index (χ3n) is 3.52. The van der Waals surface area contributed by atoms with Gasteiger partial charge < -0.3 is 14.9 Å². The van der Waals surface area contributed by atoms with Gasteiger partial charge in [0, 0.05) is 20.0 Å². The number of rotatable bonds is 3. The molecule has 7 heteroatoms. The predicted octanol–water partition coefficient (Wildman–Crippen LogP) is 1.81. The molecule has 0 bridgehead atoms. The largest absolute Gasteiger partial charge is 0.480 e. The van der Waals surface area contributed by atoms with Gasteiger partial charge >= 0.3 is 12.0 Å². The average Bonchev–Trinajstić information content (AvgIpc) is 2.44. The van der Waals surface area contributed by atoms with E-state index < -0.39 is 31.0 Å². The molecule has 0 saturated carbocycles. The third kappa shape index (κ3) is 3.29. The SMILES string of the molecule is CN(CC(F)F)C(=O)N1Cc2ccccc2CC1C(=O)O. The van der Waals surface area contributed by atoms with E-state index >= 15 is 0 Å². The molecule has 1 heterocycles. The Hall–Kier alpha value is -2.18. The Morgan fingerprint density at radius 3 is 2.57 bits per heavy atom. The monoisotopic (exact) mass is 298 g/mol. The minimum Gasteiger partial charge on any atom is -0.480 e. The summed E-state index contributed by atoms with van der Waals surface area (Å²) in [5, 5.41) is 9.29. The number of carboxylic acids is 1. The van der Waals surface area contributed by atoms with Crippen molar-refractivity contribution in [2.75, 3.05) is 13.6 Å². The van der Waals surface area contributed by atoms with Crippen LogP contribution in [0.15, 0.2) is 24.3 Å². The molecule has 1 N–H and O–H groups in total. The van der Waals surface area contributed by atoms with Crippen LogP contribution in [0.1, 0.15) is 11.1 Å². The quantitative estimate of drug-likeness (QED) is 0.926. The first kappa shape index (κ1) is 15.2. The molecule has 0 spiro atoms. The molecule has 0 aromatic heterocycles. The van der Waals surface area contributed by atoms with Gasteiger partial charge in [-0.2, -0.15) is 0 Å². The van der Waals surface area contributed by atoms with Crippen molar-refractivity contribution in [1.29, 1.82) is 0 Å². The smallest absolute Gasteiger partial charge is 0.326 e. The third-order valence-corrected chi connectivity index (χ3v) is 3.52. The number of nitrogens with zero attached hydrogens (tertiary/aromatic N) is 2. The van der Waals surface area contributed by atoms with Crippen LogP contribution in [-0.2, 0) is 17.8 Å². The van der Waals surface area contributed by atoms with E-state index in [2.05, 4.69) is 0 Å². The molecule has 1 aliphatic heterocycles. The summed E-state index contributed by atoms with van der Waals surface area (Å²) < 4.78 is 24.8. The van der Waals surface area contributed by atoms with E-state index in [1.165, 1.54) is 7.05 Å². The molecule has 1 aromatic carbocycles. The topological polar surface area (TPSA) is 60.9 Å². The Morgan fingerprint density at radius 1 is 1.38 bits per heavy atom. The van der Waals surface area contributed by atoms with Gasteiger partial charge in [0.15, 0.2) is 0 Å². The van der Waals surface area contributed by atoms with E-state index in [1.54, 1.807) is 18.2 Å². The molecule has 0 fully saturated rings. The number of halogens is 2. The number of carbonyl (C=O) groups excluding carboxylic acids is 1. The zero-order valence-electron chi connectivity index (χ0n) is 11.5. The second kappa shape index (κ2) is 6.07. The van der Waals surface area contributed by atoms with Gasteiger partial charge in [0.2, 0.25) is 0 Å². The molecule has 1 aromatic rings. The van der Waals surface area contributed by atoms with Crippen molar-refractivity contribution in [2.24, 2.45) is 0 Å². The second-order valence-electron chi connectivity index (χ2n) is 5.01. The maximum Gasteiger partial charge on any atom is 0.326 e. The predicted molar refractivity (Wildman–Crippen MR) is 71.1 cm³/mol. The Bertz CT molecular complexity index is 551. The van der Waals surface area contributed by atoms with Crippen molar-refractivity contribution in [1.82, 2.24) is 9.80 Å². The van der Waals surface area contributed by atoms with Crippen molar-refractivity contribution >= 4 is 12.0 Å². The lowest BCUT2D eigenvalue weighted by Crippen LogP contribution is -2.53. The Balaban J connectivity index is 2.24. The number of hydrogen-bond acceptors (Lipinski definition) is 2. The zero-order valence-corrected chi connectivity index (χ0v) is 11.5. The molecule has 21 heavy (non-hydrogen) atoms. The van der Waals surface area contributed by atoms with Gasteiger partial charge in [0.25, 0.3) is 6.43 Å². The highest BCUT2D eigenvalue weighted by molar-refractivity contribution is 5.83. The first-order valence-corrected chi connectivity index (χ1v) is 6.49. The lowest BCUT2D eigenvalue weighted by Gasteiger charge is -2.36. The van der Waals surface area contributed by atoms with Crippen LogP contribution in [0.2, 0.25) is 0 Å². The van der Waals surface area contributed by atoms with Gasteiger partial charge in [-0.3, -0.25) is 0 Å². The lowest BCUT2D eigenvalue weighted by atomic mass is 9.94. The van der Waals surface area contributed by atoms with E-state index in [9.17, 15) is 23.5 Å². The molecule has 5 nitrogen and oxygen atoms in total. The zero-order chi connectivity index (χ0) is 15.6. The van der Waals surface area contributed by atoms with Crippen LogP contribution in [0, 0.1) is 0 Å². The molecule has 0 saturated heterocycles. The van der Waals surface area contributed by atoms with Crippen LogP contribution in [0.4, 0.5) is 13.6 Å². The van der Waals surface area contributed by atoms with E-state index in [1.807, 2.05) is 6.07 Å². The summed E-state index contributed by atoms with van der Waals surface area (Å²) in [4.78, 5) is 25.6. The first-order valence-electron chi connectivity index (χ1n) is 6.49. The van der Waals surface area contributed by atoms with Crippen LogP contribution >= 0.6 is 0 Å². The van der Waals surface area contributed by atoms with Crippen LogP contribution in [0.5, 0.6) is 0 Å².